The smallest absolute Gasteiger partial charge is 0.322 e. The molecule has 0 spiro atoms. The third-order valence-electron chi connectivity index (χ3n) is 2.85. The predicted molar refractivity (Wildman–Crippen MR) is 65.2 cm³/mol. The summed E-state index contributed by atoms with van der Waals surface area (Å²) in [7, 11) is -3.90. The van der Waals surface area contributed by atoms with Crippen LogP contribution in [0.5, 0.6) is 0 Å². The third-order valence-corrected chi connectivity index (χ3v) is 4.71. The van der Waals surface area contributed by atoms with Crippen molar-refractivity contribution in [1.82, 2.24) is 9.03 Å². The molecule has 1 saturated heterocycles. The summed E-state index contributed by atoms with van der Waals surface area (Å²) < 4.78 is 27.5. The van der Waals surface area contributed by atoms with Crippen molar-refractivity contribution in [2.24, 2.45) is 0 Å². The molecule has 1 aliphatic heterocycles. The number of hydrogen-bond acceptors (Lipinski definition) is 4. The summed E-state index contributed by atoms with van der Waals surface area (Å²) in [6.07, 6.45) is 1.66. The monoisotopic (exact) mass is 280 g/mol. The second kappa shape index (κ2) is 5.52. The fraction of sp³-hybridized carbons (Fsp3) is 0.900. The van der Waals surface area contributed by atoms with Gasteiger partial charge in [0.15, 0.2) is 0 Å². The summed E-state index contributed by atoms with van der Waals surface area (Å²) in [6.45, 7) is 2.89. The number of carbonyl (C=O) groups is 1. The molecule has 0 aromatic rings. The molecule has 1 aliphatic rings. The fourth-order valence-corrected chi connectivity index (χ4v) is 3.66. The molecule has 1 rings (SSSR count). The van der Waals surface area contributed by atoms with Gasteiger partial charge in [-0.1, -0.05) is 0 Å². The minimum absolute atomic E-state index is 0.188. The lowest BCUT2D eigenvalue weighted by Gasteiger charge is -2.34. The van der Waals surface area contributed by atoms with Gasteiger partial charge >= 0.3 is 5.97 Å². The van der Waals surface area contributed by atoms with Crippen LogP contribution in [-0.4, -0.2) is 53.6 Å². The second-order valence-corrected chi connectivity index (χ2v) is 6.73. The lowest BCUT2D eigenvalue weighted by Crippen LogP contribution is -2.57. The van der Waals surface area contributed by atoms with E-state index in [0.29, 0.717) is 19.3 Å². The molecule has 1 atom stereocenters. The van der Waals surface area contributed by atoms with Crippen molar-refractivity contribution in [2.45, 2.75) is 44.7 Å². The SMILES string of the molecule is CC(C)(CO)NS(=O)(=O)N1CCCCC1C(=O)O. The van der Waals surface area contributed by atoms with Crippen molar-refractivity contribution in [2.75, 3.05) is 13.2 Å². The van der Waals surface area contributed by atoms with Crippen LogP contribution in [0.1, 0.15) is 33.1 Å². The Balaban J connectivity index is 2.91. The van der Waals surface area contributed by atoms with Gasteiger partial charge in [-0.2, -0.15) is 17.4 Å². The number of carboxylic acids is 1. The lowest BCUT2D eigenvalue weighted by molar-refractivity contribution is -0.142. The van der Waals surface area contributed by atoms with E-state index in [1.807, 2.05) is 0 Å². The molecule has 0 amide bonds. The highest BCUT2D eigenvalue weighted by molar-refractivity contribution is 7.87. The topological polar surface area (TPSA) is 107 Å². The quantitative estimate of drug-likeness (QED) is 0.631. The summed E-state index contributed by atoms with van der Waals surface area (Å²) in [5.41, 5.74) is -1.01. The van der Waals surface area contributed by atoms with Gasteiger partial charge in [-0.05, 0) is 33.1 Å². The Hall–Kier alpha value is -0.700. The number of aliphatic hydroxyl groups excluding tert-OH is 1. The minimum atomic E-state index is -3.90. The molecule has 1 heterocycles. The molecule has 0 radical (unpaired) electrons. The van der Waals surface area contributed by atoms with Gasteiger partial charge in [-0.3, -0.25) is 4.79 Å². The van der Waals surface area contributed by atoms with E-state index in [9.17, 15) is 13.2 Å². The molecule has 1 fully saturated rings. The zero-order chi connectivity index (χ0) is 14.0. The summed E-state index contributed by atoms with van der Waals surface area (Å²) >= 11 is 0. The highest BCUT2D eigenvalue weighted by Gasteiger charge is 2.38. The standard InChI is InChI=1S/C10H20N2O5S/c1-10(2,7-13)11-18(16,17)12-6-4-3-5-8(12)9(14)15/h8,11,13H,3-7H2,1-2H3,(H,14,15). The molecular weight excluding hydrogens is 260 g/mol. The van der Waals surface area contributed by atoms with Crippen LogP contribution in [-0.2, 0) is 15.0 Å². The predicted octanol–water partition coefficient (Wildman–Crippen LogP) is -0.469. The van der Waals surface area contributed by atoms with Gasteiger partial charge in [0, 0.05) is 6.54 Å². The number of nitrogens with one attached hydrogen (secondary N) is 1. The average molecular weight is 280 g/mol. The van der Waals surface area contributed by atoms with Gasteiger partial charge in [0.25, 0.3) is 10.2 Å². The van der Waals surface area contributed by atoms with Crippen LogP contribution in [0.3, 0.4) is 0 Å². The summed E-state index contributed by atoms with van der Waals surface area (Å²) in [5.74, 6) is -1.14. The van der Waals surface area contributed by atoms with Crippen LogP contribution in [0.4, 0.5) is 0 Å². The normalized spacial score (nSPS) is 22.9. The van der Waals surface area contributed by atoms with E-state index in [1.165, 1.54) is 13.8 Å². The number of piperidine rings is 1. The van der Waals surface area contributed by atoms with Crippen LogP contribution in [0.25, 0.3) is 0 Å². The van der Waals surface area contributed by atoms with Crippen LogP contribution < -0.4 is 4.72 Å². The molecule has 0 bridgehead atoms. The molecule has 0 aromatic heterocycles. The maximum Gasteiger partial charge on any atom is 0.322 e. The van der Waals surface area contributed by atoms with Crippen molar-refractivity contribution < 1.29 is 23.4 Å². The zero-order valence-corrected chi connectivity index (χ0v) is 11.4. The van der Waals surface area contributed by atoms with Gasteiger partial charge < -0.3 is 10.2 Å². The van der Waals surface area contributed by atoms with E-state index in [0.717, 1.165) is 4.31 Å². The molecule has 7 nitrogen and oxygen atoms in total. The van der Waals surface area contributed by atoms with Gasteiger partial charge in [0.05, 0.1) is 12.1 Å². The maximum atomic E-state index is 12.1. The first kappa shape index (κ1) is 15.4. The van der Waals surface area contributed by atoms with Crippen LogP contribution >= 0.6 is 0 Å². The highest BCUT2D eigenvalue weighted by atomic mass is 32.2. The van der Waals surface area contributed by atoms with Gasteiger partial charge in [-0.25, -0.2) is 0 Å². The Morgan fingerprint density at radius 2 is 2.06 bits per heavy atom. The van der Waals surface area contributed by atoms with E-state index in [-0.39, 0.29) is 13.2 Å². The molecule has 3 N–H and O–H groups in total. The molecule has 0 aromatic carbocycles. The van der Waals surface area contributed by atoms with Crippen LogP contribution in [0, 0.1) is 0 Å². The minimum Gasteiger partial charge on any atom is -0.480 e. The van der Waals surface area contributed by atoms with Crippen molar-refractivity contribution in [1.29, 1.82) is 0 Å². The molecule has 1 unspecified atom stereocenters. The van der Waals surface area contributed by atoms with Crippen molar-refractivity contribution in [3.05, 3.63) is 0 Å². The van der Waals surface area contributed by atoms with Crippen LogP contribution in [0.2, 0.25) is 0 Å². The number of nitrogens with zero attached hydrogens (tertiary/aromatic N) is 1. The van der Waals surface area contributed by atoms with E-state index < -0.39 is 27.8 Å². The van der Waals surface area contributed by atoms with Gasteiger partial charge in [-0.15, -0.1) is 0 Å². The molecule has 8 heteroatoms. The summed E-state index contributed by atoms with van der Waals surface area (Å²) in [6, 6.07) is -1.02. The Morgan fingerprint density at radius 1 is 1.44 bits per heavy atom. The van der Waals surface area contributed by atoms with E-state index >= 15 is 0 Å². The van der Waals surface area contributed by atoms with E-state index in [2.05, 4.69) is 4.72 Å². The maximum absolute atomic E-state index is 12.1. The third kappa shape index (κ3) is 3.64. The highest BCUT2D eigenvalue weighted by Crippen LogP contribution is 2.21. The first-order chi connectivity index (χ1) is 8.19. The molecule has 0 aliphatic carbocycles. The van der Waals surface area contributed by atoms with Crippen molar-refractivity contribution >= 4 is 16.2 Å². The van der Waals surface area contributed by atoms with Crippen molar-refractivity contribution in [3.63, 3.8) is 0 Å². The zero-order valence-electron chi connectivity index (χ0n) is 10.6. The van der Waals surface area contributed by atoms with Crippen LogP contribution in [0.15, 0.2) is 0 Å². The number of hydrogen-bond donors (Lipinski definition) is 3. The number of rotatable bonds is 5. The summed E-state index contributed by atoms with van der Waals surface area (Å²) in [4.78, 5) is 11.1. The fourth-order valence-electron chi connectivity index (χ4n) is 1.88. The molecular formula is C10H20N2O5S. The van der Waals surface area contributed by atoms with E-state index in [4.69, 9.17) is 10.2 Å². The van der Waals surface area contributed by atoms with Gasteiger partial charge in [0.2, 0.25) is 0 Å². The largest absolute Gasteiger partial charge is 0.480 e. The first-order valence-electron chi connectivity index (χ1n) is 5.84. The number of aliphatic carboxylic acids is 1. The summed E-state index contributed by atoms with van der Waals surface area (Å²) in [5, 5.41) is 18.1. The Labute approximate surface area is 107 Å². The number of carboxylic acid groups (broad SMARTS) is 1. The Kier molecular flexibility index (Phi) is 4.71. The number of aliphatic hydroxyl groups is 1. The first-order valence-corrected chi connectivity index (χ1v) is 7.28. The average Bonchev–Trinajstić information content (AvgIpc) is 2.28. The van der Waals surface area contributed by atoms with Gasteiger partial charge in [0.1, 0.15) is 6.04 Å². The molecule has 106 valence electrons. The Bertz CT molecular complexity index is 406. The Morgan fingerprint density at radius 3 is 2.56 bits per heavy atom. The second-order valence-electron chi connectivity index (χ2n) is 5.11. The van der Waals surface area contributed by atoms with E-state index in [1.54, 1.807) is 0 Å². The molecule has 18 heavy (non-hydrogen) atoms. The van der Waals surface area contributed by atoms with Crippen molar-refractivity contribution in [3.8, 4) is 0 Å². The lowest BCUT2D eigenvalue weighted by atomic mass is 10.1. The molecule has 0 saturated carbocycles.